The van der Waals surface area contributed by atoms with E-state index in [-0.39, 0.29) is 24.0 Å². The van der Waals surface area contributed by atoms with Crippen LogP contribution in [0.1, 0.15) is 58.4 Å². The zero-order chi connectivity index (χ0) is 27.8. The van der Waals surface area contributed by atoms with Crippen molar-refractivity contribution in [1.82, 2.24) is 10.0 Å². The molecule has 0 heterocycles. The average Bonchev–Trinajstić information content (AvgIpc) is 2.87. The normalized spacial score (nSPS) is 17.3. The average molecular weight is 549 g/mol. The van der Waals surface area contributed by atoms with Gasteiger partial charge in [0.2, 0.25) is 10.0 Å². The number of alkyl carbamates (subject to hydrolysis) is 1. The van der Waals surface area contributed by atoms with Gasteiger partial charge >= 0.3 is 6.09 Å². The van der Waals surface area contributed by atoms with E-state index in [1.807, 2.05) is 6.07 Å². The van der Waals surface area contributed by atoms with E-state index < -0.39 is 33.5 Å². The topological polar surface area (TPSA) is 123 Å². The third-order valence-corrected chi connectivity index (χ3v) is 7.87. The van der Waals surface area contributed by atoms with Crippen LogP contribution < -0.4 is 14.8 Å². The number of nitrogens with one attached hydrogen (secondary N) is 2. The number of amides is 1. The highest BCUT2D eigenvalue weighted by Crippen LogP contribution is 2.25. The lowest BCUT2D eigenvalue weighted by molar-refractivity contribution is -0.0614. The first-order valence-electron chi connectivity index (χ1n) is 13.0. The zero-order valence-corrected chi connectivity index (χ0v) is 23.4. The van der Waals surface area contributed by atoms with Gasteiger partial charge in [0.25, 0.3) is 0 Å². The molecule has 0 bridgehead atoms. The summed E-state index contributed by atoms with van der Waals surface area (Å²) in [5.41, 5.74) is -2.03. The molecule has 2 aromatic rings. The third-order valence-electron chi connectivity index (χ3n) is 6.35. The summed E-state index contributed by atoms with van der Waals surface area (Å²) >= 11 is 0. The fourth-order valence-corrected chi connectivity index (χ4v) is 5.78. The molecule has 2 aromatic carbocycles. The Morgan fingerprint density at radius 3 is 2.24 bits per heavy atom. The second-order valence-electron chi connectivity index (χ2n) is 10.7. The second-order valence-corrected chi connectivity index (χ2v) is 12.3. The molecule has 2 atom stereocenters. The molecule has 1 saturated carbocycles. The third kappa shape index (κ3) is 8.69. The Bertz CT molecular complexity index is 1130. The van der Waals surface area contributed by atoms with E-state index in [1.165, 1.54) is 31.4 Å². The van der Waals surface area contributed by atoms with Crippen molar-refractivity contribution in [2.24, 2.45) is 0 Å². The first-order valence-corrected chi connectivity index (χ1v) is 14.4. The van der Waals surface area contributed by atoms with Crippen molar-refractivity contribution in [3.63, 3.8) is 0 Å². The quantitative estimate of drug-likeness (QED) is 0.361. The predicted octanol–water partition coefficient (Wildman–Crippen LogP) is 4.15. The number of benzene rings is 2. The number of hydrogen-bond acceptors (Lipinski definition) is 7. The number of carbonyl (C=O) groups is 1. The Hall–Kier alpha value is -2.66. The number of aliphatic hydroxyl groups excluding tert-OH is 1. The molecule has 0 aromatic heterocycles. The first-order chi connectivity index (χ1) is 17.9. The Morgan fingerprint density at radius 1 is 1.03 bits per heavy atom. The van der Waals surface area contributed by atoms with Gasteiger partial charge in [-0.2, -0.15) is 4.72 Å². The highest BCUT2D eigenvalue weighted by Gasteiger charge is 2.45. The maximum Gasteiger partial charge on any atom is 0.409 e. The van der Waals surface area contributed by atoms with Crippen LogP contribution in [0, 0.1) is 0 Å². The van der Waals surface area contributed by atoms with E-state index in [1.54, 1.807) is 45.0 Å². The monoisotopic (exact) mass is 548 g/mol. The summed E-state index contributed by atoms with van der Waals surface area (Å²) in [6.07, 6.45) is 2.55. The molecule has 210 valence electrons. The van der Waals surface area contributed by atoms with Crippen molar-refractivity contribution in [3.8, 4) is 5.75 Å². The van der Waals surface area contributed by atoms with Crippen LogP contribution >= 0.6 is 0 Å². The molecule has 0 aliphatic heterocycles. The molecule has 2 unspecified atom stereocenters. The van der Waals surface area contributed by atoms with Gasteiger partial charge in [0.05, 0.1) is 24.7 Å². The number of sulfonamides is 1. The van der Waals surface area contributed by atoms with Gasteiger partial charge in [0.15, 0.2) is 0 Å². The van der Waals surface area contributed by atoms with Crippen molar-refractivity contribution in [1.29, 1.82) is 0 Å². The number of hydrogen-bond donors (Lipinski definition) is 3. The minimum absolute atomic E-state index is 0.0347. The van der Waals surface area contributed by atoms with Crippen LogP contribution in [-0.4, -0.2) is 56.8 Å². The Kier molecular flexibility index (Phi) is 10.2. The van der Waals surface area contributed by atoms with Gasteiger partial charge in [0.1, 0.15) is 23.1 Å². The smallest absolute Gasteiger partial charge is 0.409 e. The predicted molar refractivity (Wildman–Crippen MR) is 144 cm³/mol. The Balaban J connectivity index is 2.00. The second kappa shape index (κ2) is 12.9. The molecule has 3 N–H and O–H groups in total. The van der Waals surface area contributed by atoms with Crippen LogP contribution in [0.15, 0.2) is 59.5 Å². The summed E-state index contributed by atoms with van der Waals surface area (Å²) < 4.78 is 46.5. The maximum absolute atomic E-state index is 13.6. The van der Waals surface area contributed by atoms with E-state index in [0.29, 0.717) is 11.3 Å². The SMILES string of the molecule is COc1ccc(S(=O)(=O)NC(Cc2ccccc2)(NC(=O)OC(C)(C)C)C(O)COC2CCCCC2)cc1. The molecule has 0 saturated heterocycles. The largest absolute Gasteiger partial charge is 0.497 e. The van der Waals surface area contributed by atoms with Crippen LogP contribution in [0.3, 0.4) is 0 Å². The summed E-state index contributed by atoms with van der Waals surface area (Å²) in [6.45, 7) is 4.93. The number of aliphatic hydroxyl groups is 1. The zero-order valence-electron chi connectivity index (χ0n) is 22.6. The highest BCUT2D eigenvalue weighted by atomic mass is 32.2. The summed E-state index contributed by atoms with van der Waals surface area (Å²) in [5, 5.41) is 14.2. The molecule has 1 aliphatic carbocycles. The minimum atomic E-state index is -4.23. The van der Waals surface area contributed by atoms with E-state index >= 15 is 0 Å². The molecule has 3 rings (SSSR count). The fourth-order valence-electron chi connectivity index (χ4n) is 4.43. The van der Waals surface area contributed by atoms with Gasteiger partial charge in [-0.15, -0.1) is 0 Å². The molecule has 38 heavy (non-hydrogen) atoms. The van der Waals surface area contributed by atoms with Crippen molar-refractivity contribution in [2.45, 2.75) is 87.7 Å². The first kappa shape index (κ1) is 29.9. The van der Waals surface area contributed by atoms with Gasteiger partial charge < -0.3 is 19.3 Å². The van der Waals surface area contributed by atoms with Gasteiger partial charge in [0, 0.05) is 6.42 Å². The Morgan fingerprint density at radius 2 is 1.66 bits per heavy atom. The number of rotatable bonds is 11. The van der Waals surface area contributed by atoms with Crippen LogP contribution in [0.2, 0.25) is 0 Å². The molecular weight excluding hydrogens is 508 g/mol. The van der Waals surface area contributed by atoms with E-state index in [9.17, 15) is 18.3 Å². The molecule has 1 fully saturated rings. The molecular formula is C28H40N2O7S. The maximum atomic E-state index is 13.6. The number of ether oxygens (including phenoxy) is 3. The molecule has 1 aliphatic rings. The Labute approximate surface area is 225 Å². The highest BCUT2D eigenvalue weighted by molar-refractivity contribution is 7.89. The summed E-state index contributed by atoms with van der Waals surface area (Å²) in [6, 6.07) is 14.9. The molecule has 9 nitrogen and oxygen atoms in total. The standard InChI is InChI=1S/C28H40N2O7S/c1-27(2,3)37-26(32)29-28(19-21-11-7-5-8-12-21,25(31)20-36-23-13-9-6-10-14-23)30-38(33,34)24-17-15-22(35-4)16-18-24/h5,7-8,11-12,15-18,23,25,30-31H,6,9-10,13-14,19-20H2,1-4H3,(H,29,32). The van der Waals surface area contributed by atoms with E-state index in [2.05, 4.69) is 10.0 Å². The van der Waals surface area contributed by atoms with Crippen LogP contribution in [0.4, 0.5) is 4.79 Å². The van der Waals surface area contributed by atoms with Gasteiger partial charge in [-0.3, -0.25) is 5.32 Å². The summed E-state index contributed by atoms with van der Waals surface area (Å²) in [7, 11) is -2.75. The van der Waals surface area contributed by atoms with Crippen molar-refractivity contribution in [2.75, 3.05) is 13.7 Å². The van der Waals surface area contributed by atoms with Gasteiger partial charge in [-0.25, -0.2) is 13.2 Å². The fraction of sp³-hybridized carbons (Fsp3) is 0.536. The van der Waals surface area contributed by atoms with E-state index in [0.717, 1.165) is 32.1 Å². The lowest BCUT2D eigenvalue weighted by Gasteiger charge is -2.40. The molecule has 1 amide bonds. The number of methoxy groups -OCH3 is 1. The minimum Gasteiger partial charge on any atom is -0.497 e. The van der Waals surface area contributed by atoms with Crippen LogP contribution in [0.25, 0.3) is 0 Å². The lowest BCUT2D eigenvalue weighted by atomic mass is 9.94. The summed E-state index contributed by atoms with van der Waals surface area (Å²) in [5.74, 6) is 0.493. The van der Waals surface area contributed by atoms with Crippen LogP contribution in [-0.2, 0) is 25.9 Å². The van der Waals surface area contributed by atoms with Crippen molar-refractivity contribution >= 4 is 16.1 Å². The van der Waals surface area contributed by atoms with Crippen molar-refractivity contribution < 1.29 is 32.5 Å². The lowest BCUT2D eigenvalue weighted by Crippen LogP contribution is -2.69. The van der Waals surface area contributed by atoms with Gasteiger partial charge in [-0.05, 0) is 63.4 Å². The van der Waals surface area contributed by atoms with Crippen molar-refractivity contribution in [3.05, 3.63) is 60.2 Å². The number of carbonyl (C=O) groups excluding carboxylic acids is 1. The molecule has 10 heteroatoms. The van der Waals surface area contributed by atoms with Gasteiger partial charge in [-0.1, -0.05) is 49.6 Å². The molecule has 0 spiro atoms. The van der Waals surface area contributed by atoms with Crippen LogP contribution in [0.5, 0.6) is 5.75 Å². The summed E-state index contributed by atoms with van der Waals surface area (Å²) in [4.78, 5) is 13.0. The van der Waals surface area contributed by atoms with E-state index in [4.69, 9.17) is 14.2 Å². The molecule has 0 radical (unpaired) electrons.